The van der Waals surface area contributed by atoms with Crippen LogP contribution >= 0.6 is 11.6 Å². The zero-order chi connectivity index (χ0) is 13.2. The average Bonchev–Trinajstić information content (AvgIpc) is 2.14. The molecular weight excluding hydrogens is 234 g/mol. The van der Waals surface area contributed by atoms with E-state index >= 15 is 0 Å². The van der Waals surface area contributed by atoms with E-state index in [1.807, 2.05) is 19.2 Å². The largest absolute Gasteiger partial charge is 0.384 e. The molecule has 1 aromatic rings. The van der Waals surface area contributed by atoms with Crippen molar-refractivity contribution in [2.45, 2.75) is 20.8 Å². The van der Waals surface area contributed by atoms with Gasteiger partial charge in [-0.25, -0.2) is 0 Å². The van der Waals surface area contributed by atoms with Crippen LogP contribution in [-0.2, 0) is 0 Å². The second-order valence-electron chi connectivity index (χ2n) is 5.49. The summed E-state index contributed by atoms with van der Waals surface area (Å²) in [6, 6.07) is 5.46. The first kappa shape index (κ1) is 13.8. The van der Waals surface area contributed by atoms with Crippen molar-refractivity contribution in [3.63, 3.8) is 0 Å². The highest BCUT2D eigenvalue weighted by Gasteiger charge is 2.17. The summed E-state index contributed by atoms with van der Waals surface area (Å²) in [4.78, 5) is 2.10. The molecule has 0 aliphatic heterocycles. The molecule has 94 valence electrons. The van der Waals surface area contributed by atoms with Crippen LogP contribution in [0.25, 0.3) is 0 Å². The van der Waals surface area contributed by atoms with Crippen molar-refractivity contribution in [1.29, 1.82) is 5.41 Å². The number of hydrogen-bond acceptors (Lipinski definition) is 2. The highest BCUT2D eigenvalue weighted by molar-refractivity contribution is 6.31. The van der Waals surface area contributed by atoms with E-state index in [0.29, 0.717) is 10.6 Å². The van der Waals surface area contributed by atoms with E-state index in [4.69, 9.17) is 22.7 Å². The summed E-state index contributed by atoms with van der Waals surface area (Å²) >= 11 is 5.93. The highest BCUT2D eigenvalue weighted by atomic mass is 35.5. The minimum atomic E-state index is 0.0447. The smallest absolute Gasteiger partial charge is 0.124 e. The second kappa shape index (κ2) is 4.96. The number of benzene rings is 1. The third-order valence-electron chi connectivity index (χ3n) is 2.37. The Morgan fingerprint density at radius 1 is 1.41 bits per heavy atom. The molecule has 0 aromatic heterocycles. The molecule has 0 fully saturated rings. The van der Waals surface area contributed by atoms with Crippen molar-refractivity contribution in [1.82, 2.24) is 0 Å². The number of anilines is 1. The van der Waals surface area contributed by atoms with Gasteiger partial charge >= 0.3 is 0 Å². The fourth-order valence-corrected chi connectivity index (χ4v) is 2.03. The number of rotatable bonds is 3. The molecule has 3 N–H and O–H groups in total. The Balaban J connectivity index is 3.09. The van der Waals surface area contributed by atoms with Gasteiger partial charge in [0, 0.05) is 29.9 Å². The summed E-state index contributed by atoms with van der Waals surface area (Å²) in [5.41, 5.74) is 7.39. The molecular formula is C13H20ClN3. The van der Waals surface area contributed by atoms with Crippen LogP contribution in [0.1, 0.15) is 26.3 Å². The number of nitrogen functional groups attached to an aromatic ring is 1. The summed E-state index contributed by atoms with van der Waals surface area (Å²) in [6.45, 7) is 7.40. The lowest BCUT2D eigenvalue weighted by molar-refractivity contribution is 0.419. The Bertz CT molecular complexity index is 421. The predicted octanol–water partition coefficient (Wildman–Crippen LogP) is 3.11. The monoisotopic (exact) mass is 253 g/mol. The average molecular weight is 254 g/mol. The van der Waals surface area contributed by atoms with Crippen molar-refractivity contribution in [2.24, 2.45) is 11.1 Å². The Kier molecular flexibility index (Phi) is 4.04. The summed E-state index contributed by atoms with van der Waals surface area (Å²) in [5, 5.41) is 8.19. The van der Waals surface area contributed by atoms with E-state index in [-0.39, 0.29) is 11.3 Å². The van der Waals surface area contributed by atoms with Crippen molar-refractivity contribution in [3.05, 3.63) is 28.8 Å². The van der Waals surface area contributed by atoms with Gasteiger partial charge in [0.25, 0.3) is 0 Å². The quantitative estimate of drug-likeness (QED) is 0.642. The third kappa shape index (κ3) is 3.93. The van der Waals surface area contributed by atoms with E-state index < -0.39 is 0 Å². The molecule has 0 radical (unpaired) electrons. The van der Waals surface area contributed by atoms with Gasteiger partial charge in [-0.3, -0.25) is 5.41 Å². The van der Waals surface area contributed by atoms with Gasteiger partial charge in [-0.15, -0.1) is 0 Å². The fraction of sp³-hybridized carbons (Fsp3) is 0.462. The fourth-order valence-electron chi connectivity index (χ4n) is 1.85. The second-order valence-corrected chi connectivity index (χ2v) is 5.93. The molecule has 0 saturated heterocycles. The molecule has 0 aliphatic carbocycles. The summed E-state index contributed by atoms with van der Waals surface area (Å²) in [7, 11) is 2.00. The van der Waals surface area contributed by atoms with Crippen molar-refractivity contribution < 1.29 is 0 Å². The lowest BCUT2D eigenvalue weighted by Gasteiger charge is -2.29. The Labute approximate surface area is 108 Å². The van der Waals surface area contributed by atoms with Crippen LogP contribution in [0.2, 0.25) is 5.02 Å². The van der Waals surface area contributed by atoms with Crippen LogP contribution in [0.15, 0.2) is 18.2 Å². The maximum Gasteiger partial charge on any atom is 0.124 e. The first-order chi connectivity index (χ1) is 7.70. The molecule has 0 bridgehead atoms. The number of nitrogens with one attached hydrogen (secondary N) is 1. The first-order valence-electron chi connectivity index (χ1n) is 5.56. The lowest BCUT2D eigenvalue weighted by atomic mass is 9.95. The van der Waals surface area contributed by atoms with Crippen LogP contribution in [0.3, 0.4) is 0 Å². The highest BCUT2D eigenvalue weighted by Crippen LogP contribution is 2.26. The molecule has 17 heavy (non-hydrogen) atoms. The molecule has 0 saturated carbocycles. The van der Waals surface area contributed by atoms with Gasteiger partial charge in [-0.2, -0.15) is 0 Å². The maximum absolute atomic E-state index is 7.59. The van der Waals surface area contributed by atoms with Crippen molar-refractivity contribution in [3.8, 4) is 0 Å². The third-order valence-corrected chi connectivity index (χ3v) is 2.61. The van der Waals surface area contributed by atoms with Gasteiger partial charge in [0.2, 0.25) is 0 Å². The first-order valence-corrected chi connectivity index (χ1v) is 5.93. The lowest BCUT2D eigenvalue weighted by Crippen LogP contribution is -2.31. The Hall–Kier alpha value is -1.22. The topological polar surface area (TPSA) is 53.1 Å². The van der Waals surface area contributed by atoms with Crippen LogP contribution in [0.4, 0.5) is 5.69 Å². The van der Waals surface area contributed by atoms with Crippen LogP contribution < -0.4 is 10.6 Å². The predicted molar refractivity (Wildman–Crippen MR) is 75.2 cm³/mol. The van der Waals surface area contributed by atoms with Crippen molar-refractivity contribution >= 4 is 23.1 Å². The maximum atomic E-state index is 7.59. The Morgan fingerprint density at radius 2 is 2.00 bits per heavy atom. The van der Waals surface area contributed by atoms with Crippen LogP contribution in [0.5, 0.6) is 0 Å². The number of amidine groups is 1. The molecule has 1 rings (SSSR count). The summed E-state index contributed by atoms with van der Waals surface area (Å²) < 4.78 is 0. The molecule has 0 spiro atoms. The van der Waals surface area contributed by atoms with E-state index in [1.54, 1.807) is 6.07 Å². The normalized spacial score (nSPS) is 11.4. The standard InChI is InChI=1S/C13H20ClN3/c1-13(2,3)8-17(4)11-6-5-9(14)7-10(11)12(15)16/h5-7H,8H2,1-4H3,(H3,15,16). The zero-order valence-electron chi connectivity index (χ0n) is 10.8. The molecule has 0 atom stereocenters. The molecule has 0 aliphatic rings. The molecule has 3 nitrogen and oxygen atoms in total. The zero-order valence-corrected chi connectivity index (χ0v) is 11.6. The van der Waals surface area contributed by atoms with Gasteiger partial charge in [0.15, 0.2) is 0 Å². The number of nitrogens with two attached hydrogens (primary N) is 1. The van der Waals surface area contributed by atoms with E-state index in [9.17, 15) is 0 Å². The number of nitrogens with zero attached hydrogens (tertiary/aromatic N) is 1. The molecule has 0 heterocycles. The summed E-state index contributed by atoms with van der Waals surface area (Å²) in [5.74, 6) is 0.0447. The van der Waals surface area contributed by atoms with E-state index in [1.165, 1.54) is 0 Å². The van der Waals surface area contributed by atoms with E-state index in [0.717, 1.165) is 12.2 Å². The minimum absolute atomic E-state index is 0.0447. The summed E-state index contributed by atoms with van der Waals surface area (Å²) in [6.07, 6.45) is 0. The SMILES string of the molecule is CN(CC(C)(C)C)c1ccc(Cl)cc1C(=N)N. The number of hydrogen-bond donors (Lipinski definition) is 2. The van der Waals surface area contributed by atoms with Gasteiger partial charge in [-0.05, 0) is 23.6 Å². The number of halogens is 1. The van der Waals surface area contributed by atoms with Gasteiger partial charge in [0.1, 0.15) is 5.84 Å². The van der Waals surface area contributed by atoms with Gasteiger partial charge in [-0.1, -0.05) is 32.4 Å². The molecule has 0 unspecified atom stereocenters. The van der Waals surface area contributed by atoms with Crippen LogP contribution in [-0.4, -0.2) is 19.4 Å². The Morgan fingerprint density at radius 3 is 2.47 bits per heavy atom. The molecule has 4 heteroatoms. The van der Waals surface area contributed by atoms with Crippen LogP contribution in [0, 0.1) is 10.8 Å². The molecule has 1 aromatic carbocycles. The minimum Gasteiger partial charge on any atom is -0.384 e. The van der Waals surface area contributed by atoms with Gasteiger partial charge in [0.05, 0.1) is 0 Å². The van der Waals surface area contributed by atoms with Gasteiger partial charge < -0.3 is 10.6 Å². The molecule has 0 amide bonds. The van der Waals surface area contributed by atoms with E-state index in [2.05, 4.69) is 25.7 Å². The van der Waals surface area contributed by atoms with Crippen molar-refractivity contribution in [2.75, 3.05) is 18.5 Å².